The maximum Gasteiger partial charge on any atom is 0.229 e. The van der Waals surface area contributed by atoms with Gasteiger partial charge in [0.05, 0.1) is 5.69 Å². The highest BCUT2D eigenvalue weighted by atomic mass is 35.5. The number of aryl methyl sites for hydroxylation is 1. The van der Waals surface area contributed by atoms with E-state index in [-0.39, 0.29) is 18.3 Å². The van der Waals surface area contributed by atoms with Crippen molar-refractivity contribution in [1.29, 1.82) is 0 Å². The Labute approximate surface area is 142 Å². The number of amides is 1. The molecule has 3 heterocycles. The summed E-state index contributed by atoms with van der Waals surface area (Å²) in [5.74, 6) is 1.72. The number of nitrogens with one attached hydrogen (secondary N) is 1. The molecule has 0 aliphatic carbocycles. The summed E-state index contributed by atoms with van der Waals surface area (Å²) in [5.41, 5.74) is 1.64. The lowest BCUT2D eigenvalue weighted by molar-refractivity contribution is -0.131. The van der Waals surface area contributed by atoms with E-state index in [1.54, 1.807) is 0 Å². The molecule has 7 heteroatoms. The molecule has 0 radical (unpaired) electrons. The standard InChI is InChI=1S/C15H22ClN3O2.ClH/c1-10-13(15(16)21-18-10)2-3-14(20)19-6-4-11-8-17-9-12(11)5-7-19;/h11-12,17H,2-9H2,1H3;1H/t11-,12+;. The maximum absolute atomic E-state index is 12.4. The van der Waals surface area contributed by atoms with Crippen molar-refractivity contribution in [3.8, 4) is 0 Å². The molecule has 0 aromatic carbocycles. The van der Waals surface area contributed by atoms with E-state index < -0.39 is 0 Å². The Balaban J connectivity index is 0.00000176. The lowest BCUT2D eigenvalue weighted by atomic mass is 9.92. The van der Waals surface area contributed by atoms with Crippen molar-refractivity contribution in [2.24, 2.45) is 11.8 Å². The SMILES string of the molecule is Cc1noc(Cl)c1CCC(=O)N1CC[C@@H]2CNC[C@@H]2CC1.Cl. The van der Waals surface area contributed by atoms with Gasteiger partial charge in [-0.25, -0.2) is 0 Å². The fraction of sp³-hybridized carbons (Fsp3) is 0.733. The quantitative estimate of drug-likeness (QED) is 0.912. The number of rotatable bonds is 3. The van der Waals surface area contributed by atoms with Crippen molar-refractivity contribution in [2.75, 3.05) is 26.2 Å². The summed E-state index contributed by atoms with van der Waals surface area (Å²) in [5, 5.41) is 7.59. The Morgan fingerprint density at radius 3 is 2.55 bits per heavy atom. The van der Waals surface area contributed by atoms with Gasteiger partial charge in [0.1, 0.15) is 0 Å². The smallest absolute Gasteiger partial charge is 0.229 e. The normalized spacial score (nSPS) is 24.5. The Hall–Kier alpha value is -0.780. The summed E-state index contributed by atoms with van der Waals surface area (Å²) in [6, 6.07) is 0. The minimum absolute atomic E-state index is 0. The molecule has 1 amide bonds. The predicted octanol–water partition coefficient (Wildman–Crippen LogP) is 2.45. The molecule has 1 aromatic rings. The molecule has 2 atom stereocenters. The number of fused-ring (bicyclic) bond motifs is 1. The van der Waals surface area contributed by atoms with Crippen LogP contribution in [0.4, 0.5) is 0 Å². The summed E-state index contributed by atoms with van der Waals surface area (Å²) < 4.78 is 4.93. The number of hydrogen-bond acceptors (Lipinski definition) is 4. The molecule has 0 unspecified atom stereocenters. The van der Waals surface area contributed by atoms with Crippen LogP contribution >= 0.6 is 24.0 Å². The van der Waals surface area contributed by atoms with Gasteiger partial charge in [-0.3, -0.25) is 4.79 Å². The van der Waals surface area contributed by atoms with Crippen LogP contribution in [0, 0.1) is 18.8 Å². The van der Waals surface area contributed by atoms with Gasteiger partial charge in [-0.15, -0.1) is 12.4 Å². The van der Waals surface area contributed by atoms with Gasteiger partial charge in [-0.2, -0.15) is 0 Å². The van der Waals surface area contributed by atoms with Crippen molar-refractivity contribution in [3.05, 3.63) is 16.5 Å². The van der Waals surface area contributed by atoms with Crippen molar-refractivity contribution in [1.82, 2.24) is 15.4 Å². The van der Waals surface area contributed by atoms with Crippen LogP contribution in [0.5, 0.6) is 0 Å². The van der Waals surface area contributed by atoms with E-state index >= 15 is 0 Å². The summed E-state index contributed by atoms with van der Waals surface area (Å²) >= 11 is 5.94. The van der Waals surface area contributed by atoms with E-state index in [4.69, 9.17) is 16.1 Å². The fourth-order valence-electron chi connectivity index (χ4n) is 3.50. The molecular formula is C15H23Cl2N3O2. The molecule has 2 aliphatic rings. The molecule has 2 aliphatic heterocycles. The first-order chi connectivity index (χ1) is 10.1. The summed E-state index contributed by atoms with van der Waals surface area (Å²) in [6.07, 6.45) is 3.33. The minimum atomic E-state index is 0. The second-order valence-corrected chi connectivity index (χ2v) is 6.50. The number of carbonyl (C=O) groups excluding carboxylic acids is 1. The van der Waals surface area contributed by atoms with Crippen LogP contribution in [-0.2, 0) is 11.2 Å². The van der Waals surface area contributed by atoms with Crippen molar-refractivity contribution >= 4 is 29.9 Å². The van der Waals surface area contributed by atoms with Crippen LogP contribution in [0.2, 0.25) is 5.22 Å². The first-order valence-corrected chi connectivity index (χ1v) is 8.12. The molecule has 0 bridgehead atoms. The zero-order chi connectivity index (χ0) is 14.8. The average molecular weight is 348 g/mol. The molecule has 124 valence electrons. The second kappa shape index (κ2) is 7.66. The summed E-state index contributed by atoms with van der Waals surface area (Å²) in [7, 11) is 0. The molecule has 2 fully saturated rings. The molecule has 1 N–H and O–H groups in total. The van der Waals surface area contributed by atoms with Gasteiger partial charge < -0.3 is 14.7 Å². The van der Waals surface area contributed by atoms with Crippen LogP contribution in [0.1, 0.15) is 30.5 Å². The Morgan fingerprint density at radius 2 is 2.00 bits per heavy atom. The van der Waals surface area contributed by atoms with E-state index in [0.717, 1.165) is 62.1 Å². The first kappa shape index (κ1) is 17.6. The number of carbonyl (C=O) groups is 1. The third kappa shape index (κ3) is 3.76. The average Bonchev–Trinajstić information content (AvgIpc) is 2.98. The summed E-state index contributed by atoms with van der Waals surface area (Å²) in [6.45, 7) is 5.86. The van der Waals surface area contributed by atoms with Gasteiger partial charge in [0.2, 0.25) is 11.1 Å². The third-order valence-electron chi connectivity index (χ3n) is 4.90. The molecular weight excluding hydrogens is 325 g/mol. The maximum atomic E-state index is 12.4. The highest BCUT2D eigenvalue weighted by Crippen LogP contribution is 2.27. The van der Waals surface area contributed by atoms with Gasteiger partial charge in [0, 0.05) is 25.1 Å². The van der Waals surface area contributed by atoms with Crippen molar-refractivity contribution in [3.63, 3.8) is 0 Å². The van der Waals surface area contributed by atoms with E-state index in [1.165, 1.54) is 0 Å². The van der Waals surface area contributed by atoms with E-state index in [1.807, 2.05) is 11.8 Å². The topological polar surface area (TPSA) is 58.4 Å². The van der Waals surface area contributed by atoms with E-state index in [0.29, 0.717) is 18.1 Å². The van der Waals surface area contributed by atoms with Crippen LogP contribution in [0.25, 0.3) is 0 Å². The van der Waals surface area contributed by atoms with Crippen molar-refractivity contribution < 1.29 is 9.32 Å². The van der Waals surface area contributed by atoms with Gasteiger partial charge in [-0.05, 0) is 62.7 Å². The molecule has 5 nitrogen and oxygen atoms in total. The second-order valence-electron chi connectivity index (χ2n) is 6.16. The van der Waals surface area contributed by atoms with E-state index in [9.17, 15) is 4.79 Å². The zero-order valence-corrected chi connectivity index (χ0v) is 14.4. The molecule has 0 saturated carbocycles. The zero-order valence-electron chi connectivity index (χ0n) is 12.8. The lowest BCUT2D eigenvalue weighted by Crippen LogP contribution is -2.32. The Morgan fingerprint density at radius 1 is 1.36 bits per heavy atom. The molecule has 22 heavy (non-hydrogen) atoms. The monoisotopic (exact) mass is 347 g/mol. The molecule has 3 rings (SSSR count). The number of halogens is 2. The minimum Gasteiger partial charge on any atom is -0.344 e. The number of hydrogen-bond donors (Lipinski definition) is 1. The van der Waals surface area contributed by atoms with Crippen molar-refractivity contribution in [2.45, 2.75) is 32.6 Å². The van der Waals surface area contributed by atoms with Gasteiger partial charge in [0.25, 0.3) is 0 Å². The number of aromatic nitrogens is 1. The van der Waals surface area contributed by atoms with Gasteiger partial charge >= 0.3 is 0 Å². The molecule has 1 aromatic heterocycles. The summed E-state index contributed by atoms with van der Waals surface area (Å²) in [4.78, 5) is 14.4. The Bertz CT molecular complexity index is 487. The largest absolute Gasteiger partial charge is 0.344 e. The van der Waals surface area contributed by atoms with Crippen LogP contribution in [0.3, 0.4) is 0 Å². The Kier molecular flexibility index (Phi) is 6.12. The molecule has 0 spiro atoms. The molecule has 2 saturated heterocycles. The third-order valence-corrected chi connectivity index (χ3v) is 5.19. The first-order valence-electron chi connectivity index (χ1n) is 7.74. The van der Waals surface area contributed by atoms with E-state index in [2.05, 4.69) is 10.5 Å². The highest BCUT2D eigenvalue weighted by molar-refractivity contribution is 6.29. The number of nitrogens with zero attached hydrogens (tertiary/aromatic N) is 2. The van der Waals surface area contributed by atoms with Crippen LogP contribution in [-0.4, -0.2) is 42.1 Å². The van der Waals surface area contributed by atoms with Crippen LogP contribution in [0.15, 0.2) is 4.52 Å². The highest BCUT2D eigenvalue weighted by Gasteiger charge is 2.31. The number of likely N-dealkylation sites (tertiary alicyclic amines) is 1. The lowest BCUT2D eigenvalue weighted by Gasteiger charge is -2.20. The van der Waals surface area contributed by atoms with Gasteiger partial charge in [0.15, 0.2) is 0 Å². The predicted molar refractivity (Wildman–Crippen MR) is 87.5 cm³/mol. The van der Waals surface area contributed by atoms with Gasteiger partial charge in [-0.1, -0.05) is 5.16 Å². The fourth-order valence-corrected chi connectivity index (χ4v) is 3.76. The van der Waals surface area contributed by atoms with Crippen LogP contribution < -0.4 is 5.32 Å².